The molecule has 1 atom stereocenters. The third kappa shape index (κ3) is 3.26. The van der Waals surface area contributed by atoms with Crippen molar-refractivity contribution in [1.82, 2.24) is 4.31 Å². The van der Waals surface area contributed by atoms with Crippen molar-refractivity contribution in [3.8, 4) is 11.8 Å². The van der Waals surface area contributed by atoms with Gasteiger partial charge in [0.15, 0.2) is 0 Å². The van der Waals surface area contributed by atoms with E-state index < -0.39 is 15.8 Å². The summed E-state index contributed by atoms with van der Waals surface area (Å²) in [5, 5.41) is 8.61. The van der Waals surface area contributed by atoms with Crippen LogP contribution in [0, 0.1) is 17.7 Å². The molecule has 0 spiro atoms. The third-order valence-electron chi connectivity index (χ3n) is 3.62. The largest absolute Gasteiger partial charge is 0.384 e. The van der Waals surface area contributed by atoms with Gasteiger partial charge in [-0.3, -0.25) is 0 Å². The second kappa shape index (κ2) is 6.56. The molecule has 1 aromatic carbocycles. The van der Waals surface area contributed by atoms with Gasteiger partial charge in [-0.1, -0.05) is 18.8 Å². The van der Waals surface area contributed by atoms with Gasteiger partial charge in [-0.15, -0.1) is 0 Å². The molecule has 1 fully saturated rings. The number of aliphatic hydroxyl groups is 1. The predicted molar refractivity (Wildman–Crippen MR) is 77.6 cm³/mol. The number of aliphatic hydroxyl groups excluding tert-OH is 1. The highest BCUT2D eigenvalue weighted by Crippen LogP contribution is 2.29. The van der Waals surface area contributed by atoms with E-state index in [-0.39, 0.29) is 17.5 Å². The first-order chi connectivity index (χ1) is 10.0. The minimum absolute atomic E-state index is 0.0525. The molecule has 0 saturated carbocycles. The SMILES string of the molecule is CCC1CCCN1S(=O)(=O)c1ccc(C#CCO)cc1F. The summed E-state index contributed by atoms with van der Waals surface area (Å²) in [5.74, 6) is 4.15. The van der Waals surface area contributed by atoms with E-state index in [2.05, 4.69) is 11.8 Å². The average molecular weight is 311 g/mol. The number of rotatable bonds is 3. The molecule has 0 aliphatic carbocycles. The fourth-order valence-electron chi connectivity index (χ4n) is 2.59. The van der Waals surface area contributed by atoms with Gasteiger partial charge in [0, 0.05) is 18.2 Å². The molecule has 6 heteroatoms. The minimum Gasteiger partial charge on any atom is -0.384 e. The van der Waals surface area contributed by atoms with Crippen LogP contribution in [0.25, 0.3) is 0 Å². The third-order valence-corrected chi connectivity index (χ3v) is 5.61. The zero-order valence-corrected chi connectivity index (χ0v) is 12.7. The van der Waals surface area contributed by atoms with Crippen LogP contribution in [0.2, 0.25) is 0 Å². The Morgan fingerprint density at radius 3 is 2.86 bits per heavy atom. The van der Waals surface area contributed by atoms with E-state index in [1.54, 1.807) is 0 Å². The Balaban J connectivity index is 2.37. The summed E-state index contributed by atoms with van der Waals surface area (Å²) in [4.78, 5) is -0.308. The van der Waals surface area contributed by atoms with Gasteiger partial charge in [0.05, 0.1) is 0 Å². The molecule has 0 radical (unpaired) electrons. The van der Waals surface area contributed by atoms with Crippen molar-refractivity contribution in [2.24, 2.45) is 0 Å². The first-order valence-corrected chi connectivity index (χ1v) is 8.35. The van der Waals surface area contributed by atoms with Gasteiger partial charge in [-0.25, -0.2) is 12.8 Å². The monoisotopic (exact) mass is 311 g/mol. The highest BCUT2D eigenvalue weighted by atomic mass is 32.2. The van der Waals surface area contributed by atoms with Gasteiger partial charge < -0.3 is 5.11 Å². The topological polar surface area (TPSA) is 57.6 Å². The number of hydrogen-bond acceptors (Lipinski definition) is 3. The molecule has 1 aliphatic heterocycles. The maximum atomic E-state index is 14.1. The van der Waals surface area contributed by atoms with Crippen LogP contribution in [-0.2, 0) is 10.0 Å². The molecule has 1 unspecified atom stereocenters. The number of sulfonamides is 1. The highest BCUT2D eigenvalue weighted by Gasteiger charge is 2.35. The molecule has 1 N–H and O–H groups in total. The van der Waals surface area contributed by atoms with Crippen molar-refractivity contribution in [3.63, 3.8) is 0 Å². The summed E-state index contributed by atoms with van der Waals surface area (Å²) in [6, 6.07) is 3.74. The molecule has 2 rings (SSSR count). The average Bonchev–Trinajstić information content (AvgIpc) is 2.94. The molecule has 0 aromatic heterocycles. The Hall–Kier alpha value is -1.42. The first kappa shape index (κ1) is 16.0. The number of hydrogen-bond donors (Lipinski definition) is 1. The molecular formula is C15H18FNO3S. The Bertz CT molecular complexity index is 676. The van der Waals surface area contributed by atoms with Crippen molar-refractivity contribution in [3.05, 3.63) is 29.6 Å². The Morgan fingerprint density at radius 2 is 2.24 bits per heavy atom. The van der Waals surface area contributed by atoms with Crippen LogP contribution in [0.3, 0.4) is 0 Å². The Kier molecular flexibility index (Phi) is 4.99. The van der Waals surface area contributed by atoms with E-state index in [1.807, 2.05) is 6.92 Å². The van der Waals surface area contributed by atoms with Crippen LogP contribution >= 0.6 is 0 Å². The van der Waals surface area contributed by atoms with E-state index in [1.165, 1.54) is 16.4 Å². The highest BCUT2D eigenvalue weighted by molar-refractivity contribution is 7.89. The molecule has 4 nitrogen and oxygen atoms in total. The zero-order valence-electron chi connectivity index (χ0n) is 11.8. The van der Waals surface area contributed by atoms with Crippen molar-refractivity contribution < 1.29 is 17.9 Å². The second-order valence-corrected chi connectivity index (χ2v) is 6.78. The minimum atomic E-state index is -3.81. The van der Waals surface area contributed by atoms with Crippen LogP contribution in [0.5, 0.6) is 0 Å². The fraction of sp³-hybridized carbons (Fsp3) is 0.467. The number of benzene rings is 1. The van der Waals surface area contributed by atoms with E-state index in [4.69, 9.17) is 5.11 Å². The van der Waals surface area contributed by atoms with Crippen molar-refractivity contribution in [2.45, 2.75) is 37.1 Å². The van der Waals surface area contributed by atoms with Gasteiger partial charge in [0.2, 0.25) is 10.0 Å². The molecule has 114 valence electrons. The number of nitrogens with zero attached hydrogens (tertiary/aromatic N) is 1. The van der Waals surface area contributed by atoms with Gasteiger partial charge in [0.1, 0.15) is 17.3 Å². The van der Waals surface area contributed by atoms with Crippen LogP contribution in [-0.4, -0.2) is 37.0 Å². The second-order valence-electron chi connectivity index (χ2n) is 4.93. The Labute approximate surface area is 124 Å². The maximum absolute atomic E-state index is 14.1. The Morgan fingerprint density at radius 1 is 1.48 bits per heavy atom. The van der Waals surface area contributed by atoms with Gasteiger partial charge in [-0.2, -0.15) is 4.31 Å². The van der Waals surface area contributed by atoms with Gasteiger partial charge in [0.25, 0.3) is 0 Å². The first-order valence-electron chi connectivity index (χ1n) is 6.91. The smallest absolute Gasteiger partial charge is 0.246 e. The van der Waals surface area contributed by atoms with E-state index in [0.717, 1.165) is 25.3 Å². The molecule has 1 heterocycles. The molecule has 1 aromatic rings. The van der Waals surface area contributed by atoms with Crippen LogP contribution in [0.15, 0.2) is 23.1 Å². The summed E-state index contributed by atoms with van der Waals surface area (Å²) in [7, 11) is -3.81. The van der Waals surface area contributed by atoms with Crippen LogP contribution in [0.4, 0.5) is 4.39 Å². The maximum Gasteiger partial charge on any atom is 0.246 e. The van der Waals surface area contributed by atoms with Crippen molar-refractivity contribution in [1.29, 1.82) is 0 Å². The van der Waals surface area contributed by atoms with E-state index >= 15 is 0 Å². The zero-order chi connectivity index (χ0) is 15.5. The molecular weight excluding hydrogens is 293 g/mol. The molecule has 0 amide bonds. The lowest BCUT2D eigenvalue weighted by atomic mass is 10.2. The lowest BCUT2D eigenvalue weighted by Gasteiger charge is -2.23. The predicted octanol–water partition coefficient (Wildman–Crippen LogP) is 1.73. The van der Waals surface area contributed by atoms with Crippen molar-refractivity contribution >= 4 is 10.0 Å². The fourth-order valence-corrected chi connectivity index (χ4v) is 4.40. The molecule has 1 saturated heterocycles. The molecule has 0 bridgehead atoms. The summed E-state index contributed by atoms with van der Waals surface area (Å²) in [6.07, 6.45) is 2.34. The van der Waals surface area contributed by atoms with E-state index in [9.17, 15) is 12.8 Å². The lowest BCUT2D eigenvalue weighted by molar-refractivity contribution is 0.350. The standard InChI is InChI=1S/C15H18FNO3S/c1-2-13-6-3-9-17(13)21(19,20)15-8-7-12(5-4-10-18)11-14(15)16/h7-8,11,13,18H,2-3,6,9-10H2,1H3. The quantitative estimate of drug-likeness (QED) is 0.865. The summed E-state index contributed by atoms with van der Waals surface area (Å²) >= 11 is 0. The van der Waals surface area contributed by atoms with Crippen LogP contribution < -0.4 is 0 Å². The normalized spacial score (nSPS) is 19.3. The van der Waals surface area contributed by atoms with E-state index in [0.29, 0.717) is 12.1 Å². The van der Waals surface area contributed by atoms with Crippen LogP contribution in [0.1, 0.15) is 31.7 Å². The van der Waals surface area contributed by atoms with Gasteiger partial charge in [-0.05, 0) is 37.5 Å². The van der Waals surface area contributed by atoms with Crippen molar-refractivity contribution in [2.75, 3.05) is 13.2 Å². The molecule has 21 heavy (non-hydrogen) atoms. The summed E-state index contributed by atoms with van der Waals surface area (Å²) in [5.41, 5.74) is 0.342. The number of halogens is 1. The van der Waals surface area contributed by atoms with Gasteiger partial charge >= 0.3 is 0 Å². The lowest BCUT2D eigenvalue weighted by Crippen LogP contribution is -2.35. The molecule has 1 aliphatic rings. The summed E-state index contributed by atoms with van der Waals surface area (Å²) in [6.45, 7) is 2.04. The summed E-state index contributed by atoms with van der Waals surface area (Å²) < 4.78 is 40.6.